The number of methoxy groups -OCH3 is 1. The smallest absolute Gasteiger partial charge is 0.253 e. The van der Waals surface area contributed by atoms with Crippen LogP contribution in [0.1, 0.15) is 18.1 Å². The van der Waals surface area contributed by atoms with Gasteiger partial charge in [0.05, 0.1) is 24.6 Å². The summed E-state index contributed by atoms with van der Waals surface area (Å²) in [6.07, 6.45) is 3.92. The number of imide groups is 1. The summed E-state index contributed by atoms with van der Waals surface area (Å²) in [6, 6.07) is 24.0. The Morgan fingerprint density at radius 2 is 1.57 bits per heavy atom. The predicted octanol–water partition coefficient (Wildman–Crippen LogP) is 3.75. The monoisotopic (exact) mass is 493 g/mol. The molecule has 0 radical (unpaired) electrons. The van der Waals surface area contributed by atoms with Crippen LogP contribution in [0.25, 0.3) is 6.08 Å². The first-order valence-corrected chi connectivity index (χ1v) is 12.4. The van der Waals surface area contributed by atoms with E-state index in [-0.39, 0.29) is 23.8 Å². The third kappa shape index (κ3) is 3.27. The normalized spacial score (nSPS) is 26.4. The number of hydrogen-bond acceptors (Lipinski definition) is 5. The molecule has 4 atom stereocenters. The van der Waals surface area contributed by atoms with Gasteiger partial charge in [-0.15, -0.1) is 0 Å². The van der Waals surface area contributed by atoms with Crippen molar-refractivity contribution in [3.8, 4) is 5.75 Å². The highest BCUT2D eigenvalue weighted by Crippen LogP contribution is 2.55. The lowest BCUT2D eigenvalue weighted by atomic mass is 9.76. The SMILES string of the molecule is COc1ccccc1N1C(=O)[C@@H]2[C@H](C)N[C@]3(C(=O)N(C/C=C\c4ccccc4)c4ccccc43)[C@@H]2C1=O. The lowest BCUT2D eigenvalue weighted by Crippen LogP contribution is -2.55. The van der Waals surface area contributed by atoms with Crippen molar-refractivity contribution in [3.05, 3.63) is 96.1 Å². The molecule has 0 unspecified atom stereocenters. The number of ether oxygens (including phenoxy) is 1. The summed E-state index contributed by atoms with van der Waals surface area (Å²) in [4.78, 5) is 45.0. The molecule has 0 bridgehead atoms. The van der Waals surface area contributed by atoms with E-state index in [1.165, 1.54) is 12.0 Å². The molecule has 3 aliphatic heterocycles. The summed E-state index contributed by atoms with van der Waals surface area (Å²) in [6.45, 7) is 2.22. The van der Waals surface area contributed by atoms with Gasteiger partial charge in [-0.05, 0) is 30.7 Å². The molecule has 7 heteroatoms. The molecule has 37 heavy (non-hydrogen) atoms. The minimum absolute atomic E-state index is 0.214. The van der Waals surface area contributed by atoms with Gasteiger partial charge in [-0.2, -0.15) is 0 Å². The number of nitrogens with one attached hydrogen (secondary N) is 1. The topological polar surface area (TPSA) is 79.0 Å². The summed E-state index contributed by atoms with van der Waals surface area (Å²) < 4.78 is 5.45. The molecule has 7 nitrogen and oxygen atoms in total. The zero-order valence-corrected chi connectivity index (χ0v) is 20.6. The summed E-state index contributed by atoms with van der Waals surface area (Å²) in [5.74, 6) is -2.02. The Balaban J connectivity index is 1.41. The predicted molar refractivity (Wildman–Crippen MR) is 141 cm³/mol. The van der Waals surface area contributed by atoms with Crippen LogP contribution in [-0.2, 0) is 19.9 Å². The van der Waals surface area contributed by atoms with Gasteiger partial charge in [0.15, 0.2) is 0 Å². The maximum Gasteiger partial charge on any atom is 0.253 e. The molecule has 0 saturated carbocycles. The molecule has 1 N–H and O–H groups in total. The maximum absolute atomic E-state index is 14.3. The van der Waals surface area contributed by atoms with Gasteiger partial charge in [0.2, 0.25) is 11.8 Å². The van der Waals surface area contributed by atoms with Gasteiger partial charge in [0, 0.05) is 23.8 Å². The second-order valence-electron chi connectivity index (χ2n) is 9.67. The summed E-state index contributed by atoms with van der Waals surface area (Å²) in [5, 5.41) is 3.42. The molecule has 3 amide bonds. The number of fused-ring (bicyclic) bond motifs is 4. The fraction of sp³-hybridized carbons (Fsp3) is 0.233. The van der Waals surface area contributed by atoms with Crippen molar-refractivity contribution in [2.75, 3.05) is 23.5 Å². The average Bonchev–Trinajstić information content (AvgIpc) is 3.47. The molecule has 0 aromatic heterocycles. The molecule has 1 spiro atoms. The van der Waals surface area contributed by atoms with Gasteiger partial charge in [-0.25, -0.2) is 4.90 Å². The maximum atomic E-state index is 14.3. The summed E-state index contributed by atoms with van der Waals surface area (Å²) in [7, 11) is 1.51. The van der Waals surface area contributed by atoms with Crippen molar-refractivity contribution in [1.82, 2.24) is 5.32 Å². The van der Waals surface area contributed by atoms with Crippen LogP contribution in [0.2, 0.25) is 0 Å². The Labute approximate surface area is 215 Å². The van der Waals surface area contributed by atoms with E-state index in [4.69, 9.17) is 4.74 Å². The molecule has 3 heterocycles. The highest BCUT2D eigenvalue weighted by molar-refractivity contribution is 6.26. The van der Waals surface area contributed by atoms with E-state index in [0.29, 0.717) is 18.0 Å². The van der Waals surface area contributed by atoms with Gasteiger partial charge in [0.1, 0.15) is 11.3 Å². The number of anilines is 2. The Bertz CT molecular complexity index is 1440. The lowest BCUT2D eigenvalue weighted by molar-refractivity contribution is -0.132. The first-order valence-electron chi connectivity index (χ1n) is 12.4. The first kappa shape index (κ1) is 23.2. The van der Waals surface area contributed by atoms with Crippen molar-refractivity contribution < 1.29 is 19.1 Å². The summed E-state index contributed by atoms with van der Waals surface area (Å²) in [5.41, 5.74) is 1.61. The number of rotatable bonds is 5. The van der Waals surface area contributed by atoms with Gasteiger partial charge in [0.25, 0.3) is 5.91 Å². The molecule has 3 aliphatic rings. The molecular formula is C30H27N3O4. The van der Waals surface area contributed by atoms with Crippen LogP contribution in [0.3, 0.4) is 0 Å². The average molecular weight is 494 g/mol. The number of nitrogens with zero attached hydrogens (tertiary/aromatic N) is 2. The van der Waals surface area contributed by atoms with E-state index < -0.39 is 17.4 Å². The largest absolute Gasteiger partial charge is 0.495 e. The van der Waals surface area contributed by atoms with Crippen molar-refractivity contribution in [2.45, 2.75) is 18.5 Å². The summed E-state index contributed by atoms with van der Waals surface area (Å²) >= 11 is 0. The first-order chi connectivity index (χ1) is 18.0. The quantitative estimate of drug-likeness (QED) is 0.548. The molecule has 186 valence electrons. The van der Waals surface area contributed by atoms with E-state index in [0.717, 1.165) is 16.8 Å². The molecule has 2 saturated heterocycles. The van der Waals surface area contributed by atoms with Crippen molar-refractivity contribution >= 4 is 35.2 Å². The lowest BCUT2D eigenvalue weighted by Gasteiger charge is -2.30. The van der Waals surface area contributed by atoms with Crippen LogP contribution in [0.5, 0.6) is 5.75 Å². The molecule has 2 fully saturated rings. The Morgan fingerprint density at radius 3 is 2.32 bits per heavy atom. The van der Waals surface area contributed by atoms with Crippen molar-refractivity contribution in [1.29, 1.82) is 0 Å². The molecule has 3 aromatic rings. The van der Waals surface area contributed by atoms with E-state index >= 15 is 0 Å². The van der Waals surface area contributed by atoms with E-state index in [9.17, 15) is 14.4 Å². The van der Waals surface area contributed by atoms with Crippen LogP contribution in [-0.4, -0.2) is 37.4 Å². The number of para-hydroxylation sites is 3. The van der Waals surface area contributed by atoms with Gasteiger partial charge in [-0.1, -0.05) is 72.8 Å². The minimum Gasteiger partial charge on any atom is -0.495 e. The van der Waals surface area contributed by atoms with E-state index in [1.54, 1.807) is 29.2 Å². The number of amides is 3. The fourth-order valence-electron chi connectivity index (χ4n) is 6.20. The van der Waals surface area contributed by atoms with Crippen LogP contribution < -0.4 is 19.9 Å². The standard InChI is InChI=1S/C30H27N3O4/c1-19-25-26(28(35)33(27(25)34)23-16-8-9-17-24(23)37-2)30(31-19)21-14-6-7-15-22(21)32(29(30)36)18-10-13-20-11-4-3-5-12-20/h3-17,19,25-26,31H,18H2,1-2H3/b13-10-/t19-,25+,26-,30-/m0/s1. The number of carbonyl (C=O) groups is 3. The Morgan fingerprint density at radius 1 is 0.892 bits per heavy atom. The second kappa shape index (κ2) is 8.71. The van der Waals surface area contributed by atoms with Crippen LogP contribution in [0, 0.1) is 11.8 Å². The van der Waals surface area contributed by atoms with Crippen molar-refractivity contribution in [3.63, 3.8) is 0 Å². The fourth-order valence-corrected chi connectivity index (χ4v) is 6.20. The highest BCUT2D eigenvalue weighted by Gasteiger charge is 2.71. The van der Waals surface area contributed by atoms with E-state index in [2.05, 4.69) is 5.32 Å². The number of carbonyl (C=O) groups excluding carboxylic acids is 3. The van der Waals surface area contributed by atoms with Gasteiger partial charge >= 0.3 is 0 Å². The number of hydrogen-bond donors (Lipinski definition) is 1. The zero-order valence-electron chi connectivity index (χ0n) is 20.6. The van der Waals surface area contributed by atoms with Gasteiger partial charge in [-0.3, -0.25) is 19.7 Å². The third-order valence-corrected chi connectivity index (χ3v) is 7.74. The Hall–Kier alpha value is -4.23. The second-order valence-corrected chi connectivity index (χ2v) is 9.67. The van der Waals surface area contributed by atoms with Crippen LogP contribution in [0.4, 0.5) is 11.4 Å². The third-order valence-electron chi connectivity index (χ3n) is 7.74. The molecule has 6 rings (SSSR count). The highest BCUT2D eigenvalue weighted by atomic mass is 16.5. The van der Waals surface area contributed by atoms with Gasteiger partial charge < -0.3 is 9.64 Å². The minimum atomic E-state index is -1.31. The zero-order chi connectivity index (χ0) is 25.7. The van der Waals surface area contributed by atoms with Crippen molar-refractivity contribution in [2.24, 2.45) is 11.8 Å². The van der Waals surface area contributed by atoms with E-state index in [1.807, 2.05) is 73.7 Å². The molecule has 0 aliphatic carbocycles. The van der Waals surface area contributed by atoms with Crippen LogP contribution >= 0.6 is 0 Å². The van der Waals surface area contributed by atoms with Crippen LogP contribution in [0.15, 0.2) is 84.9 Å². The number of benzene rings is 3. The molecular weight excluding hydrogens is 466 g/mol. The molecule has 3 aromatic carbocycles. The Kier molecular flexibility index (Phi) is 5.46.